The topological polar surface area (TPSA) is 62.5 Å². The summed E-state index contributed by atoms with van der Waals surface area (Å²) in [6, 6.07) is 3.43. The van der Waals surface area contributed by atoms with Crippen molar-refractivity contribution in [2.24, 2.45) is 0 Å². The Morgan fingerprint density at radius 3 is 2.53 bits per heavy atom. The Kier molecular flexibility index (Phi) is 3.62. The molecule has 1 heterocycles. The summed E-state index contributed by atoms with van der Waals surface area (Å²) in [6.45, 7) is 6.62. The van der Waals surface area contributed by atoms with Gasteiger partial charge >= 0.3 is 5.97 Å². The molecule has 1 aromatic carbocycles. The summed E-state index contributed by atoms with van der Waals surface area (Å²) in [5, 5.41) is 19.4. The van der Waals surface area contributed by atoms with Crippen molar-refractivity contribution in [3.05, 3.63) is 34.5 Å². The van der Waals surface area contributed by atoms with Crippen LogP contribution in [-0.4, -0.2) is 27.4 Å². The van der Waals surface area contributed by atoms with E-state index in [1.54, 1.807) is 12.1 Å². The molecule has 2 rings (SSSR count). The van der Waals surface area contributed by atoms with Crippen molar-refractivity contribution in [1.82, 2.24) is 4.57 Å². The average Bonchev–Trinajstić information content (AvgIpc) is 2.63. The van der Waals surface area contributed by atoms with Crippen molar-refractivity contribution in [3.63, 3.8) is 0 Å². The molecule has 4 heteroatoms. The number of hydrogen-bond donors (Lipinski definition) is 2. The lowest BCUT2D eigenvalue weighted by molar-refractivity contribution is 0.0697. The van der Waals surface area contributed by atoms with E-state index in [2.05, 4.69) is 11.5 Å². The van der Waals surface area contributed by atoms with Gasteiger partial charge in [-0.05, 0) is 43.5 Å². The second-order valence-electron chi connectivity index (χ2n) is 4.79. The highest BCUT2D eigenvalue weighted by molar-refractivity contribution is 5.97. The van der Waals surface area contributed by atoms with E-state index in [1.807, 2.05) is 13.8 Å². The summed E-state index contributed by atoms with van der Waals surface area (Å²) in [6.07, 6.45) is 0.850. The fourth-order valence-corrected chi connectivity index (χ4v) is 2.84. The molecule has 0 aliphatic rings. The maximum Gasteiger partial charge on any atom is 0.335 e. The van der Waals surface area contributed by atoms with Crippen LogP contribution in [0.3, 0.4) is 0 Å². The summed E-state index contributed by atoms with van der Waals surface area (Å²) in [5.74, 6) is -0.903. The van der Waals surface area contributed by atoms with Gasteiger partial charge in [0.2, 0.25) is 0 Å². The van der Waals surface area contributed by atoms with Crippen LogP contribution in [0, 0.1) is 13.8 Å². The standard InChI is InChI=1S/C15H19NO3/c1-4-12-10(3)16(5-6-17)14-9(2)7-11(15(18)19)8-13(12)14/h7-8,17H,4-6H2,1-3H3,(H,18,19). The maximum absolute atomic E-state index is 11.2. The van der Waals surface area contributed by atoms with Gasteiger partial charge in [-0.25, -0.2) is 4.79 Å². The van der Waals surface area contributed by atoms with E-state index in [0.717, 1.165) is 34.1 Å². The Morgan fingerprint density at radius 1 is 1.32 bits per heavy atom. The molecule has 4 nitrogen and oxygen atoms in total. The third-order valence-corrected chi connectivity index (χ3v) is 3.66. The molecule has 0 saturated carbocycles. The van der Waals surface area contributed by atoms with Crippen LogP contribution < -0.4 is 0 Å². The van der Waals surface area contributed by atoms with Crippen LogP contribution in [0.2, 0.25) is 0 Å². The molecule has 2 N–H and O–H groups in total. The van der Waals surface area contributed by atoms with Crippen molar-refractivity contribution in [1.29, 1.82) is 0 Å². The zero-order valence-electron chi connectivity index (χ0n) is 11.5. The summed E-state index contributed by atoms with van der Waals surface area (Å²) < 4.78 is 2.08. The third kappa shape index (κ3) is 2.12. The molecule has 0 fully saturated rings. The molecule has 0 atom stereocenters. The van der Waals surface area contributed by atoms with Gasteiger partial charge < -0.3 is 14.8 Å². The molecule has 0 aliphatic heterocycles. The number of fused-ring (bicyclic) bond motifs is 1. The normalized spacial score (nSPS) is 11.2. The summed E-state index contributed by atoms with van der Waals surface area (Å²) in [4.78, 5) is 11.2. The van der Waals surface area contributed by atoms with Gasteiger partial charge in [0.25, 0.3) is 0 Å². The second-order valence-corrected chi connectivity index (χ2v) is 4.79. The smallest absolute Gasteiger partial charge is 0.335 e. The van der Waals surface area contributed by atoms with Crippen LogP contribution in [0.25, 0.3) is 10.9 Å². The first-order chi connectivity index (χ1) is 9.01. The third-order valence-electron chi connectivity index (χ3n) is 3.66. The lowest BCUT2D eigenvalue weighted by Crippen LogP contribution is -2.05. The Labute approximate surface area is 112 Å². The number of carboxylic acids is 1. The fraction of sp³-hybridized carbons (Fsp3) is 0.400. The van der Waals surface area contributed by atoms with E-state index in [4.69, 9.17) is 5.11 Å². The quantitative estimate of drug-likeness (QED) is 0.889. The number of aliphatic hydroxyl groups is 1. The molecule has 102 valence electrons. The van der Waals surface area contributed by atoms with Gasteiger partial charge in [-0.15, -0.1) is 0 Å². The van der Waals surface area contributed by atoms with Gasteiger partial charge in [0.1, 0.15) is 0 Å². The Hall–Kier alpha value is -1.81. The molecule has 0 radical (unpaired) electrons. The highest BCUT2D eigenvalue weighted by Gasteiger charge is 2.16. The van der Waals surface area contributed by atoms with Gasteiger partial charge in [0, 0.05) is 17.6 Å². The van der Waals surface area contributed by atoms with Gasteiger partial charge in [-0.2, -0.15) is 0 Å². The van der Waals surface area contributed by atoms with Crippen molar-refractivity contribution in [3.8, 4) is 0 Å². The molecule has 1 aromatic heterocycles. The Morgan fingerprint density at radius 2 is 2.00 bits per heavy atom. The van der Waals surface area contributed by atoms with Crippen molar-refractivity contribution in [2.45, 2.75) is 33.7 Å². The largest absolute Gasteiger partial charge is 0.478 e. The Bertz CT molecular complexity index is 641. The van der Waals surface area contributed by atoms with E-state index in [1.165, 1.54) is 0 Å². The summed E-state index contributed by atoms with van der Waals surface area (Å²) in [7, 11) is 0. The highest BCUT2D eigenvalue weighted by Crippen LogP contribution is 2.30. The van der Waals surface area contributed by atoms with Crippen LogP contribution in [0.4, 0.5) is 0 Å². The monoisotopic (exact) mass is 261 g/mol. The van der Waals surface area contributed by atoms with Gasteiger partial charge in [0.15, 0.2) is 0 Å². The van der Waals surface area contributed by atoms with E-state index in [-0.39, 0.29) is 6.61 Å². The lowest BCUT2D eigenvalue weighted by Gasteiger charge is -2.08. The number of carbonyl (C=O) groups is 1. The summed E-state index contributed by atoms with van der Waals surface area (Å²) >= 11 is 0. The molecule has 19 heavy (non-hydrogen) atoms. The maximum atomic E-state index is 11.2. The fourth-order valence-electron chi connectivity index (χ4n) is 2.84. The van der Waals surface area contributed by atoms with Gasteiger partial charge in [-0.3, -0.25) is 0 Å². The molecule has 0 aliphatic carbocycles. The number of aryl methyl sites for hydroxylation is 2. The molecule has 0 amide bonds. The van der Waals surface area contributed by atoms with Crippen molar-refractivity contribution < 1.29 is 15.0 Å². The first kappa shape index (κ1) is 13.6. The SMILES string of the molecule is CCc1c(C)n(CCO)c2c(C)cc(C(=O)O)cc12. The molecule has 0 spiro atoms. The zero-order valence-corrected chi connectivity index (χ0v) is 11.5. The number of rotatable bonds is 4. The first-order valence-corrected chi connectivity index (χ1v) is 6.47. The number of aromatic nitrogens is 1. The van der Waals surface area contributed by atoms with Crippen LogP contribution >= 0.6 is 0 Å². The van der Waals surface area contributed by atoms with Crippen LogP contribution in [0.1, 0.15) is 34.1 Å². The Balaban J connectivity index is 2.85. The number of aliphatic hydroxyl groups excluding tert-OH is 1. The molecular weight excluding hydrogens is 242 g/mol. The second kappa shape index (κ2) is 5.05. The predicted molar refractivity (Wildman–Crippen MR) is 74.8 cm³/mol. The van der Waals surface area contributed by atoms with Crippen molar-refractivity contribution in [2.75, 3.05) is 6.61 Å². The molecule has 0 bridgehead atoms. The van der Waals surface area contributed by atoms with Gasteiger partial charge in [0.05, 0.1) is 17.7 Å². The van der Waals surface area contributed by atoms with Crippen LogP contribution in [0.5, 0.6) is 0 Å². The number of carboxylic acid groups (broad SMARTS) is 1. The van der Waals surface area contributed by atoms with Crippen LogP contribution in [-0.2, 0) is 13.0 Å². The number of aromatic carboxylic acids is 1. The minimum atomic E-state index is -0.903. The minimum Gasteiger partial charge on any atom is -0.478 e. The summed E-state index contributed by atoms with van der Waals surface area (Å²) in [5.41, 5.74) is 4.56. The zero-order chi connectivity index (χ0) is 14.2. The number of nitrogens with zero attached hydrogens (tertiary/aromatic N) is 1. The minimum absolute atomic E-state index is 0.0773. The van der Waals surface area contributed by atoms with E-state index in [9.17, 15) is 9.90 Å². The number of hydrogen-bond acceptors (Lipinski definition) is 2. The van der Waals surface area contributed by atoms with E-state index < -0.39 is 5.97 Å². The van der Waals surface area contributed by atoms with Crippen LogP contribution in [0.15, 0.2) is 12.1 Å². The molecule has 2 aromatic rings. The van der Waals surface area contributed by atoms with Crippen molar-refractivity contribution >= 4 is 16.9 Å². The number of benzene rings is 1. The first-order valence-electron chi connectivity index (χ1n) is 6.47. The van der Waals surface area contributed by atoms with E-state index >= 15 is 0 Å². The molecule has 0 saturated heterocycles. The predicted octanol–water partition coefficient (Wildman–Crippen LogP) is 2.51. The lowest BCUT2D eigenvalue weighted by atomic mass is 10.0. The van der Waals surface area contributed by atoms with Gasteiger partial charge in [-0.1, -0.05) is 6.92 Å². The molecular formula is C15H19NO3. The molecule has 0 unspecified atom stereocenters. The average molecular weight is 261 g/mol. The highest BCUT2D eigenvalue weighted by atomic mass is 16.4. The van der Waals surface area contributed by atoms with E-state index in [0.29, 0.717) is 12.1 Å².